The van der Waals surface area contributed by atoms with Crippen molar-refractivity contribution in [2.75, 3.05) is 32.9 Å². The number of aliphatic hydroxyl groups is 1. The second-order valence-corrected chi connectivity index (χ2v) is 18.2. The minimum atomic E-state index is -0.182. The van der Waals surface area contributed by atoms with Gasteiger partial charge < -0.3 is 24.2 Å². The van der Waals surface area contributed by atoms with Crippen LogP contribution >= 0.6 is 0 Å². The van der Waals surface area contributed by atoms with E-state index in [1.54, 1.807) is 0 Å². The molecule has 0 aromatic carbocycles. The average Bonchev–Trinajstić information content (AvgIpc) is 3.22. The summed E-state index contributed by atoms with van der Waals surface area (Å²) in [6, 6.07) is 0.443. The molecule has 0 atom stereocenters. The fraction of sp³-hybridized carbons (Fsp3) is 0.941. The van der Waals surface area contributed by atoms with Crippen molar-refractivity contribution in [3.8, 4) is 0 Å². The number of unbranched alkanes of at least 4 members (excludes halogenated alkanes) is 26. The molecule has 8 heteroatoms. The third-order valence-electron chi connectivity index (χ3n) is 12.4. The topological polar surface area (TPSA) is 102 Å². The van der Waals surface area contributed by atoms with Crippen molar-refractivity contribution < 1.29 is 33.7 Å². The van der Waals surface area contributed by atoms with E-state index >= 15 is 0 Å². The van der Waals surface area contributed by atoms with Gasteiger partial charge in [-0.3, -0.25) is 14.4 Å². The number of esters is 3. The quantitative estimate of drug-likeness (QED) is 0.0368. The summed E-state index contributed by atoms with van der Waals surface area (Å²) in [5.74, 6) is -0.308. The van der Waals surface area contributed by atoms with Crippen molar-refractivity contribution in [1.82, 2.24) is 4.90 Å². The molecule has 0 bridgehead atoms. The minimum absolute atomic E-state index is 0.0141. The highest BCUT2D eigenvalue weighted by Gasteiger charge is 2.31. The molecule has 8 nitrogen and oxygen atoms in total. The summed E-state index contributed by atoms with van der Waals surface area (Å²) in [5.41, 5.74) is 0. The summed E-state index contributed by atoms with van der Waals surface area (Å²) in [5, 5.41) is 10.0. The fourth-order valence-corrected chi connectivity index (χ4v) is 8.28. The maximum atomic E-state index is 12.5. The summed E-state index contributed by atoms with van der Waals surface area (Å²) in [6.45, 7) is 9.81. The van der Waals surface area contributed by atoms with Crippen molar-refractivity contribution in [1.29, 1.82) is 0 Å². The Morgan fingerprint density at radius 2 is 0.797 bits per heavy atom. The van der Waals surface area contributed by atoms with Crippen molar-refractivity contribution in [2.45, 2.75) is 270 Å². The van der Waals surface area contributed by atoms with Crippen LogP contribution in [0.25, 0.3) is 0 Å². The molecule has 0 unspecified atom stereocenters. The van der Waals surface area contributed by atoms with Gasteiger partial charge in [-0.15, -0.1) is 0 Å². The summed E-state index contributed by atoms with van der Waals surface area (Å²) in [6.07, 6.45) is 40.9. The van der Waals surface area contributed by atoms with E-state index < -0.39 is 0 Å². The molecule has 0 aromatic heterocycles. The Morgan fingerprint density at radius 3 is 1.20 bits per heavy atom. The molecular weight excluding hydrogens is 739 g/mol. The molecule has 1 aliphatic rings. The van der Waals surface area contributed by atoms with Crippen LogP contribution < -0.4 is 0 Å². The summed E-state index contributed by atoms with van der Waals surface area (Å²) in [7, 11) is 0. The van der Waals surface area contributed by atoms with E-state index in [1.165, 1.54) is 109 Å². The lowest BCUT2D eigenvalue weighted by molar-refractivity contribution is -0.149. The summed E-state index contributed by atoms with van der Waals surface area (Å²) < 4.78 is 16.9. The van der Waals surface area contributed by atoms with Crippen LogP contribution in [0.5, 0.6) is 0 Å². The van der Waals surface area contributed by atoms with Gasteiger partial charge in [0, 0.05) is 31.2 Å². The molecule has 0 heterocycles. The molecule has 0 aliphatic heterocycles. The summed E-state index contributed by atoms with van der Waals surface area (Å²) >= 11 is 0. The number of carbonyl (C=O) groups excluding carboxylic acids is 3. The van der Waals surface area contributed by atoms with Gasteiger partial charge in [0.1, 0.15) is 0 Å². The first-order chi connectivity index (χ1) is 28.9. The van der Waals surface area contributed by atoms with Crippen molar-refractivity contribution in [2.24, 2.45) is 5.92 Å². The highest BCUT2D eigenvalue weighted by atomic mass is 16.5. The number of rotatable bonds is 45. The Bertz CT molecular complexity index is 924. The highest BCUT2D eigenvalue weighted by Crippen LogP contribution is 2.27. The van der Waals surface area contributed by atoms with Crippen LogP contribution in [-0.2, 0) is 28.6 Å². The molecule has 0 aromatic rings. The molecule has 0 spiro atoms. The Balaban J connectivity index is 2.23. The van der Waals surface area contributed by atoms with Crippen LogP contribution in [0.2, 0.25) is 0 Å². The molecule has 1 N–H and O–H groups in total. The smallest absolute Gasteiger partial charge is 0.305 e. The molecule has 0 saturated heterocycles. The Morgan fingerprint density at radius 1 is 0.458 bits per heavy atom. The first-order valence-electron chi connectivity index (χ1n) is 25.8. The van der Waals surface area contributed by atoms with Gasteiger partial charge in [0.15, 0.2) is 0 Å². The largest absolute Gasteiger partial charge is 0.466 e. The molecule has 1 saturated carbocycles. The lowest BCUT2D eigenvalue weighted by atomic mass is 9.87. The number of nitrogens with zero attached hydrogens (tertiary/aromatic N) is 1. The van der Waals surface area contributed by atoms with Crippen LogP contribution in [0.15, 0.2) is 0 Å². The molecule has 0 amide bonds. The van der Waals surface area contributed by atoms with E-state index in [0.29, 0.717) is 45.1 Å². The predicted molar refractivity (Wildman–Crippen MR) is 246 cm³/mol. The molecule has 348 valence electrons. The Labute approximate surface area is 364 Å². The van der Waals surface area contributed by atoms with E-state index in [2.05, 4.69) is 25.7 Å². The lowest BCUT2D eigenvalue weighted by Crippen LogP contribution is -2.47. The molecule has 1 aliphatic carbocycles. The third-order valence-corrected chi connectivity index (χ3v) is 12.4. The van der Waals surface area contributed by atoms with Crippen molar-refractivity contribution in [3.05, 3.63) is 0 Å². The number of aliphatic hydroxyl groups excluding tert-OH is 1. The van der Waals surface area contributed by atoms with E-state index in [0.717, 1.165) is 122 Å². The molecule has 1 rings (SSSR count). The zero-order valence-electron chi connectivity index (χ0n) is 39.3. The van der Waals surface area contributed by atoms with Crippen LogP contribution in [0.4, 0.5) is 0 Å². The average molecular weight is 836 g/mol. The second kappa shape index (κ2) is 41.7. The first kappa shape index (κ1) is 55.3. The van der Waals surface area contributed by atoms with E-state index in [9.17, 15) is 19.5 Å². The predicted octanol–water partition coefficient (Wildman–Crippen LogP) is 13.8. The zero-order chi connectivity index (χ0) is 42.9. The molecule has 59 heavy (non-hydrogen) atoms. The van der Waals surface area contributed by atoms with Gasteiger partial charge in [0.2, 0.25) is 0 Å². The lowest BCUT2D eigenvalue weighted by Gasteiger charge is -2.41. The molecule has 0 radical (unpaired) electrons. The van der Waals surface area contributed by atoms with Gasteiger partial charge in [-0.2, -0.15) is 0 Å². The Kier molecular flexibility index (Phi) is 39.1. The number of carbonyl (C=O) groups is 3. The van der Waals surface area contributed by atoms with Crippen LogP contribution in [0.1, 0.15) is 258 Å². The van der Waals surface area contributed by atoms with Crippen LogP contribution in [-0.4, -0.2) is 73.0 Å². The molecule has 1 fully saturated rings. The van der Waals surface area contributed by atoms with Gasteiger partial charge in [0.05, 0.1) is 25.9 Å². The standard InChI is InChI=1S/C51H97NO7/c1-4-7-10-13-14-15-16-17-18-19-20-21-22-25-30-36-49(54)57-41-34-27-26-32-39-52(47-42-48(53)43-47)40-33-31-35-46(44-58-50(55)37-28-23-11-8-5-2)45-59-51(56)38-29-24-12-9-6-3/h46-48,53H,4-45H2,1-3H3. The van der Waals surface area contributed by atoms with E-state index in [-0.39, 0.29) is 29.9 Å². The maximum Gasteiger partial charge on any atom is 0.305 e. The SMILES string of the molecule is CCCCCCCCCCCCCCCCCC(=O)OCCCCCCN(CCCCC(COC(=O)CCCCCCC)COC(=O)CCCCCCC)C1CC(O)C1. The summed E-state index contributed by atoms with van der Waals surface area (Å²) in [4.78, 5) is 39.7. The Hall–Kier alpha value is -1.67. The van der Waals surface area contributed by atoms with Crippen molar-refractivity contribution >= 4 is 17.9 Å². The third kappa shape index (κ3) is 35.6. The van der Waals surface area contributed by atoms with Gasteiger partial charge in [0.25, 0.3) is 0 Å². The van der Waals surface area contributed by atoms with Crippen LogP contribution in [0.3, 0.4) is 0 Å². The molecular formula is C51H97NO7. The van der Waals surface area contributed by atoms with Gasteiger partial charge in [-0.1, -0.05) is 181 Å². The van der Waals surface area contributed by atoms with Gasteiger partial charge >= 0.3 is 17.9 Å². The zero-order valence-corrected chi connectivity index (χ0v) is 39.3. The maximum absolute atomic E-state index is 12.5. The van der Waals surface area contributed by atoms with E-state index in [4.69, 9.17) is 14.2 Å². The monoisotopic (exact) mass is 836 g/mol. The van der Waals surface area contributed by atoms with Gasteiger partial charge in [-0.05, 0) is 70.9 Å². The number of ether oxygens (including phenoxy) is 3. The second-order valence-electron chi connectivity index (χ2n) is 18.2. The minimum Gasteiger partial charge on any atom is -0.466 e. The van der Waals surface area contributed by atoms with Crippen LogP contribution in [0, 0.1) is 5.92 Å². The van der Waals surface area contributed by atoms with Gasteiger partial charge in [-0.25, -0.2) is 0 Å². The van der Waals surface area contributed by atoms with Crippen molar-refractivity contribution in [3.63, 3.8) is 0 Å². The van der Waals surface area contributed by atoms with E-state index in [1.807, 2.05) is 0 Å². The fourth-order valence-electron chi connectivity index (χ4n) is 8.28. The highest BCUT2D eigenvalue weighted by molar-refractivity contribution is 5.70. The number of hydrogen-bond donors (Lipinski definition) is 1. The number of hydrogen-bond acceptors (Lipinski definition) is 8. The first-order valence-corrected chi connectivity index (χ1v) is 25.8. The normalized spacial score (nSPS) is 15.2.